The highest BCUT2D eigenvalue weighted by atomic mass is 79.9. The number of rotatable bonds is 3. The Morgan fingerprint density at radius 1 is 1.57 bits per heavy atom. The molecule has 2 rings (SSSR count). The van der Waals surface area contributed by atoms with Crippen molar-refractivity contribution >= 4 is 15.9 Å². The molecule has 74 valence electrons. The predicted octanol–water partition coefficient (Wildman–Crippen LogP) is 2.35. The fourth-order valence-corrected chi connectivity index (χ4v) is 1.40. The zero-order valence-electron chi connectivity index (χ0n) is 7.61. The zero-order valence-corrected chi connectivity index (χ0v) is 9.19. The van der Waals surface area contributed by atoms with Gasteiger partial charge in [-0.1, -0.05) is 0 Å². The average Bonchev–Trinajstić information content (AvgIpc) is 2.72. The Morgan fingerprint density at radius 3 is 3.00 bits per heavy atom. The van der Waals surface area contributed by atoms with E-state index in [1.165, 1.54) is 0 Å². The van der Waals surface area contributed by atoms with Gasteiger partial charge in [-0.05, 0) is 28.1 Å². The van der Waals surface area contributed by atoms with E-state index in [9.17, 15) is 0 Å². The Kier molecular flexibility index (Phi) is 2.58. The van der Waals surface area contributed by atoms with E-state index < -0.39 is 0 Å². The van der Waals surface area contributed by atoms with Crippen LogP contribution < -0.4 is 4.74 Å². The summed E-state index contributed by atoms with van der Waals surface area (Å²) in [5.74, 6) is 1.51. The second kappa shape index (κ2) is 3.88. The van der Waals surface area contributed by atoms with Crippen LogP contribution in [-0.2, 0) is 13.7 Å². The molecule has 4 nitrogen and oxygen atoms in total. The van der Waals surface area contributed by atoms with Crippen molar-refractivity contribution in [2.24, 2.45) is 7.05 Å². The van der Waals surface area contributed by atoms with Crippen LogP contribution in [0.3, 0.4) is 0 Å². The van der Waals surface area contributed by atoms with Crippen LogP contribution in [-0.4, -0.2) is 9.78 Å². The van der Waals surface area contributed by atoms with E-state index >= 15 is 0 Å². The Bertz CT molecular complexity index is 382. The number of hydrogen-bond donors (Lipinski definition) is 0. The van der Waals surface area contributed by atoms with Gasteiger partial charge in [0.2, 0.25) is 0 Å². The minimum atomic E-state index is 0.414. The quantitative estimate of drug-likeness (QED) is 0.847. The fraction of sp³-hybridized carbons (Fsp3) is 0.222. The highest BCUT2D eigenvalue weighted by molar-refractivity contribution is 9.10. The number of furan rings is 1. The second-order valence-corrected chi connectivity index (χ2v) is 3.63. The molecule has 0 aliphatic heterocycles. The number of ether oxygens (including phenoxy) is 1. The second-order valence-electron chi connectivity index (χ2n) is 2.84. The van der Waals surface area contributed by atoms with Gasteiger partial charge in [-0.2, -0.15) is 5.10 Å². The van der Waals surface area contributed by atoms with Crippen molar-refractivity contribution in [3.05, 3.63) is 35.0 Å². The van der Waals surface area contributed by atoms with Crippen LogP contribution in [0.5, 0.6) is 5.75 Å². The van der Waals surface area contributed by atoms with E-state index in [2.05, 4.69) is 21.0 Å². The number of hydrogen-bond acceptors (Lipinski definition) is 3. The first-order valence-electron chi connectivity index (χ1n) is 4.10. The van der Waals surface area contributed by atoms with E-state index in [0.29, 0.717) is 11.3 Å². The molecule has 0 radical (unpaired) electrons. The third kappa shape index (κ3) is 2.17. The molecule has 0 saturated heterocycles. The molecule has 0 atom stereocenters. The monoisotopic (exact) mass is 256 g/mol. The molecule has 0 fully saturated rings. The van der Waals surface area contributed by atoms with Crippen molar-refractivity contribution in [3.8, 4) is 5.75 Å². The van der Waals surface area contributed by atoms with E-state index in [1.54, 1.807) is 17.1 Å². The molecule has 0 spiro atoms. The first kappa shape index (κ1) is 9.33. The molecule has 0 aliphatic rings. The molecular formula is C9H9BrN2O2. The van der Waals surface area contributed by atoms with Crippen molar-refractivity contribution in [3.63, 3.8) is 0 Å². The fourth-order valence-electron chi connectivity index (χ4n) is 1.06. The van der Waals surface area contributed by atoms with Gasteiger partial charge >= 0.3 is 0 Å². The van der Waals surface area contributed by atoms with Gasteiger partial charge in [-0.3, -0.25) is 4.68 Å². The summed E-state index contributed by atoms with van der Waals surface area (Å²) in [4.78, 5) is 0. The minimum absolute atomic E-state index is 0.414. The molecule has 2 heterocycles. The third-order valence-corrected chi connectivity index (χ3v) is 2.12. The first-order valence-corrected chi connectivity index (χ1v) is 4.89. The molecule has 0 saturated carbocycles. The standard InChI is InChI=1S/C9H9BrN2O2/c1-12-5-8(4-11-12)13-6-7-2-3-9(10)14-7/h2-5H,6H2,1H3. The Balaban J connectivity index is 1.94. The van der Waals surface area contributed by atoms with Gasteiger partial charge in [0, 0.05) is 7.05 Å². The maximum absolute atomic E-state index is 5.43. The Morgan fingerprint density at radius 2 is 2.43 bits per heavy atom. The highest BCUT2D eigenvalue weighted by Crippen LogP contribution is 2.16. The van der Waals surface area contributed by atoms with Crippen molar-refractivity contribution in [2.75, 3.05) is 0 Å². The van der Waals surface area contributed by atoms with E-state index in [-0.39, 0.29) is 0 Å². The smallest absolute Gasteiger partial charge is 0.169 e. The average molecular weight is 257 g/mol. The minimum Gasteiger partial charge on any atom is -0.482 e. The number of aryl methyl sites for hydroxylation is 1. The summed E-state index contributed by atoms with van der Waals surface area (Å²) in [6, 6.07) is 3.70. The van der Waals surface area contributed by atoms with E-state index in [0.717, 1.165) is 11.5 Å². The highest BCUT2D eigenvalue weighted by Gasteiger charge is 2.01. The number of halogens is 1. The Labute approximate surface area is 89.6 Å². The number of aromatic nitrogens is 2. The summed E-state index contributed by atoms with van der Waals surface area (Å²) in [6.07, 6.45) is 3.47. The van der Waals surface area contributed by atoms with Gasteiger partial charge in [0.25, 0.3) is 0 Å². The Hall–Kier alpha value is -1.23. The van der Waals surface area contributed by atoms with Crippen LogP contribution in [0.25, 0.3) is 0 Å². The van der Waals surface area contributed by atoms with Crippen LogP contribution in [0.1, 0.15) is 5.76 Å². The molecular weight excluding hydrogens is 248 g/mol. The van der Waals surface area contributed by atoms with Crippen LogP contribution in [0.2, 0.25) is 0 Å². The van der Waals surface area contributed by atoms with Gasteiger partial charge in [0.15, 0.2) is 10.4 Å². The summed E-state index contributed by atoms with van der Waals surface area (Å²) in [7, 11) is 1.84. The molecule has 0 bridgehead atoms. The molecule has 0 aliphatic carbocycles. The van der Waals surface area contributed by atoms with Crippen molar-refractivity contribution < 1.29 is 9.15 Å². The predicted molar refractivity (Wildman–Crippen MR) is 53.9 cm³/mol. The lowest BCUT2D eigenvalue weighted by molar-refractivity contribution is 0.267. The van der Waals surface area contributed by atoms with Crippen molar-refractivity contribution in [1.29, 1.82) is 0 Å². The van der Waals surface area contributed by atoms with Crippen LogP contribution in [0, 0.1) is 0 Å². The van der Waals surface area contributed by atoms with Crippen LogP contribution in [0.4, 0.5) is 0 Å². The molecule has 2 aromatic heterocycles. The van der Waals surface area contributed by atoms with Crippen LogP contribution in [0.15, 0.2) is 33.6 Å². The largest absolute Gasteiger partial charge is 0.482 e. The van der Waals surface area contributed by atoms with Gasteiger partial charge in [-0.25, -0.2) is 0 Å². The summed E-state index contributed by atoms with van der Waals surface area (Å²) in [5.41, 5.74) is 0. The summed E-state index contributed by atoms with van der Waals surface area (Å²) in [6.45, 7) is 0.414. The molecule has 0 amide bonds. The van der Waals surface area contributed by atoms with Gasteiger partial charge in [0.05, 0.1) is 12.4 Å². The van der Waals surface area contributed by atoms with Crippen molar-refractivity contribution in [2.45, 2.75) is 6.61 Å². The van der Waals surface area contributed by atoms with Crippen LogP contribution >= 0.6 is 15.9 Å². The molecule has 0 unspecified atom stereocenters. The lowest BCUT2D eigenvalue weighted by atomic mass is 10.5. The lowest BCUT2D eigenvalue weighted by Crippen LogP contribution is -1.92. The molecule has 0 aromatic carbocycles. The molecule has 5 heteroatoms. The van der Waals surface area contributed by atoms with Gasteiger partial charge in [0.1, 0.15) is 12.4 Å². The van der Waals surface area contributed by atoms with Gasteiger partial charge < -0.3 is 9.15 Å². The molecule has 2 aromatic rings. The summed E-state index contributed by atoms with van der Waals surface area (Å²) < 4.78 is 13.1. The van der Waals surface area contributed by atoms with Crippen molar-refractivity contribution in [1.82, 2.24) is 9.78 Å². The lowest BCUT2D eigenvalue weighted by Gasteiger charge is -1.98. The van der Waals surface area contributed by atoms with E-state index in [4.69, 9.17) is 9.15 Å². The summed E-state index contributed by atoms with van der Waals surface area (Å²) in [5, 5.41) is 3.99. The molecule has 0 N–H and O–H groups in total. The zero-order chi connectivity index (χ0) is 9.97. The number of nitrogens with zero attached hydrogens (tertiary/aromatic N) is 2. The maximum Gasteiger partial charge on any atom is 0.169 e. The van der Waals surface area contributed by atoms with E-state index in [1.807, 2.05) is 19.2 Å². The third-order valence-electron chi connectivity index (χ3n) is 1.69. The van der Waals surface area contributed by atoms with Gasteiger partial charge in [-0.15, -0.1) is 0 Å². The maximum atomic E-state index is 5.43. The normalized spacial score (nSPS) is 10.4. The SMILES string of the molecule is Cn1cc(OCc2ccc(Br)o2)cn1. The summed E-state index contributed by atoms with van der Waals surface area (Å²) >= 11 is 3.22. The molecule has 14 heavy (non-hydrogen) atoms. The topological polar surface area (TPSA) is 40.2 Å². The first-order chi connectivity index (χ1) is 6.74.